The van der Waals surface area contributed by atoms with Crippen LogP contribution in [0.3, 0.4) is 0 Å². The Morgan fingerprint density at radius 2 is 1.43 bits per heavy atom. The predicted octanol–water partition coefficient (Wildman–Crippen LogP) is 2.73. The standard InChI is InChI=1S/C26H32N2O9/c1-14(2)22(26(31)32)28-25(30)18(10-15-8-9-17(33-3)13-19(15)34-4)27-24(29)16-11-20(35-5)23(37-7)21(12-16)36-6/h8-14,22H,1-7H3,(H,27,29)(H,28,30)(H,31,32). The molecule has 0 aromatic heterocycles. The lowest BCUT2D eigenvalue weighted by atomic mass is 10.0. The largest absolute Gasteiger partial charge is 0.497 e. The minimum atomic E-state index is -1.21. The zero-order valence-corrected chi connectivity index (χ0v) is 21.8. The third-order valence-corrected chi connectivity index (χ3v) is 5.38. The van der Waals surface area contributed by atoms with Crippen molar-refractivity contribution in [2.75, 3.05) is 35.5 Å². The first-order valence-corrected chi connectivity index (χ1v) is 11.2. The molecule has 0 saturated carbocycles. The Balaban J connectivity index is 2.56. The van der Waals surface area contributed by atoms with Crippen LogP contribution in [0.2, 0.25) is 0 Å². The normalized spacial score (nSPS) is 11.8. The monoisotopic (exact) mass is 516 g/mol. The number of amides is 2. The number of methoxy groups -OCH3 is 5. The number of aliphatic carboxylic acids is 1. The van der Waals surface area contributed by atoms with Gasteiger partial charge in [0.15, 0.2) is 11.5 Å². The van der Waals surface area contributed by atoms with E-state index in [-0.39, 0.29) is 22.8 Å². The third-order valence-electron chi connectivity index (χ3n) is 5.38. The fourth-order valence-corrected chi connectivity index (χ4v) is 3.39. The Morgan fingerprint density at radius 1 is 0.838 bits per heavy atom. The van der Waals surface area contributed by atoms with Crippen molar-refractivity contribution < 1.29 is 43.2 Å². The number of hydrogen-bond acceptors (Lipinski definition) is 8. The van der Waals surface area contributed by atoms with E-state index in [2.05, 4.69) is 10.6 Å². The van der Waals surface area contributed by atoms with E-state index in [9.17, 15) is 19.5 Å². The molecule has 1 unspecified atom stereocenters. The van der Waals surface area contributed by atoms with Crippen molar-refractivity contribution in [3.63, 3.8) is 0 Å². The van der Waals surface area contributed by atoms with Crippen LogP contribution in [0.15, 0.2) is 36.0 Å². The van der Waals surface area contributed by atoms with E-state index in [1.165, 1.54) is 53.8 Å². The summed E-state index contributed by atoms with van der Waals surface area (Å²) in [5, 5.41) is 14.6. The molecule has 0 radical (unpaired) electrons. The number of carbonyl (C=O) groups excluding carboxylic acids is 2. The molecule has 0 saturated heterocycles. The maximum absolute atomic E-state index is 13.2. The SMILES string of the molecule is COc1ccc(C=C(NC(=O)c2cc(OC)c(OC)c(OC)c2)C(=O)NC(C(=O)O)C(C)C)c(OC)c1. The van der Waals surface area contributed by atoms with Gasteiger partial charge >= 0.3 is 5.97 Å². The second-order valence-corrected chi connectivity index (χ2v) is 8.07. The first kappa shape index (κ1) is 28.8. The molecule has 2 rings (SSSR count). The van der Waals surface area contributed by atoms with E-state index < -0.39 is 29.7 Å². The zero-order valence-electron chi connectivity index (χ0n) is 21.8. The molecule has 0 bridgehead atoms. The molecule has 200 valence electrons. The quantitative estimate of drug-likeness (QED) is 0.363. The number of rotatable bonds is 12. The summed E-state index contributed by atoms with van der Waals surface area (Å²) in [6.45, 7) is 3.31. The van der Waals surface area contributed by atoms with E-state index in [0.29, 0.717) is 22.8 Å². The van der Waals surface area contributed by atoms with E-state index in [4.69, 9.17) is 23.7 Å². The summed E-state index contributed by atoms with van der Waals surface area (Å²) < 4.78 is 26.5. The third kappa shape index (κ3) is 7.06. The number of carboxylic acid groups (broad SMARTS) is 1. The number of carboxylic acids is 1. The highest BCUT2D eigenvalue weighted by Crippen LogP contribution is 2.38. The van der Waals surface area contributed by atoms with Gasteiger partial charge in [0, 0.05) is 17.2 Å². The van der Waals surface area contributed by atoms with Crippen molar-refractivity contribution in [1.29, 1.82) is 0 Å². The Labute approximate surface area is 215 Å². The Kier molecular flexibility index (Phi) is 10.2. The molecule has 0 heterocycles. The van der Waals surface area contributed by atoms with E-state index in [0.717, 1.165) is 0 Å². The molecular formula is C26H32N2O9. The summed E-state index contributed by atoms with van der Waals surface area (Å²) in [5.41, 5.74) is 0.331. The predicted molar refractivity (Wildman–Crippen MR) is 135 cm³/mol. The van der Waals surface area contributed by atoms with Crippen LogP contribution in [-0.2, 0) is 9.59 Å². The van der Waals surface area contributed by atoms with Gasteiger partial charge in [0.25, 0.3) is 11.8 Å². The fourth-order valence-electron chi connectivity index (χ4n) is 3.39. The number of carbonyl (C=O) groups is 3. The van der Waals surface area contributed by atoms with E-state index in [1.807, 2.05) is 0 Å². The lowest BCUT2D eigenvalue weighted by Crippen LogP contribution is -2.47. The van der Waals surface area contributed by atoms with Crippen LogP contribution >= 0.6 is 0 Å². The lowest BCUT2D eigenvalue weighted by molar-refractivity contribution is -0.142. The first-order valence-electron chi connectivity index (χ1n) is 11.2. The van der Waals surface area contributed by atoms with Crippen molar-refractivity contribution in [1.82, 2.24) is 10.6 Å². The molecule has 0 fully saturated rings. The van der Waals surface area contributed by atoms with Crippen LogP contribution in [0.25, 0.3) is 6.08 Å². The molecule has 0 aliphatic heterocycles. The van der Waals surface area contributed by atoms with Crippen molar-refractivity contribution in [2.45, 2.75) is 19.9 Å². The summed E-state index contributed by atoms with van der Waals surface area (Å²) in [5.74, 6) is -1.44. The molecule has 2 aromatic carbocycles. The maximum atomic E-state index is 13.2. The van der Waals surface area contributed by atoms with E-state index in [1.54, 1.807) is 32.0 Å². The molecule has 2 amide bonds. The molecule has 0 aliphatic carbocycles. The van der Waals surface area contributed by atoms with Gasteiger partial charge in [-0.25, -0.2) is 4.79 Å². The van der Waals surface area contributed by atoms with E-state index >= 15 is 0 Å². The summed E-state index contributed by atoms with van der Waals surface area (Å²) in [7, 11) is 7.19. The molecule has 0 aliphatic rings. The Bertz CT molecular complexity index is 1150. The Morgan fingerprint density at radius 3 is 1.89 bits per heavy atom. The summed E-state index contributed by atoms with van der Waals surface area (Å²) in [4.78, 5) is 38.1. The number of nitrogens with one attached hydrogen (secondary N) is 2. The van der Waals surface area contributed by atoms with Crippen molar-refractivity contribution in [2.24, 2.45) is 5.92 Å². The van der Waals surface area contributed by atoms with Gasteiger partial charge in [-0.15, -0.1) is 0 Å². The van der Waals surface area contributed by atoms with Crippen LogP contribution in [0.5, 0.6) is 28.7 Å². The van der Waals surface area contributed by atoms with Crippen LogP contribution in [-0.4, -0.2) is 64.5 Å². The van der Waals surface area contributed by atoms with Crippen LogP contribution in [0.4, 0.5) is 0 Å². The van der Waals surface area contributed by atoms with Crippen LogP contribution < -0.4 is 34.3 Å². The number of benzene rings is 2. The summed E-state index contributed by atoms with van der Waals surface area (Å²) in [6, 6.07) is 6.55. The Hall–Kier alpha value is -4.41. The first-order chi connectivity index (χ1) is 17.6. The molecule has 37 heavy (non-hydrogen) atoms. The van der Waals surface area contributed by atoms with Gasteiger partial charge < -0.3 is 39.4 Å². The molecule has 0 spiro atoms. The van der Waals surface area contributed by atoms with Gasteiger partial charge in [0.05, 0.1) is 35.5 Å². The minimum Gasteiger partial charge on any atom is -0.497 e. The average molecular weight is 517 g/mol. The second kappa shape index (κ2) is 13.1. The number of ether oxygens (including phenoxy) is 5. The van der Waals surface area contributed by atoms with Gasteiger partial charge in [0.2, 0.25) is 5.75 Å². The van der Waals surface area contributed by atoms with Gasteiger partial charge in [-0.3, -0.25) is 9.59 Å². The maximum Gasteiger partial charge on any atom is 0.326 e. The van der Waals surface area contributed by atoms with Crippen LogP contribution in [0, 0.1) is 5.92 Å². The topological polar surface area (TPSA) is 142 Å². The molecular weight excluding hydrogens is 484 g/mol. The van der Waals surface area contributed by atoms with Crippen molar-refractivity contribution in [3.05, 3.63) is 47.2 Å². The van der Waals surface area contributed by atoms with Gasteiger partial charge in [-0.1, -0.05) is 13.8 Å². The molecule has 2 aromatic rings. The number of hydrogen-bond donors (Lipinski definition) is 3. The van der Waals surface area contributed by atoms with Gasteiger partial charge in [0.1, 0.15) is 23.2 Å². The van der Waals surface area contributed by atoms with Crippen molar-refractivity contribution >= 4 is 23.9 Å². The molecule has 11 nitrogen and oxygen atoms in total. The molecule has 11 heteroatoms. The van der Waals surface area contributed by atoms with Gasteiger partial charge in [-0.2, -0.15) is 0 Å². The highest BCUT2D eigenvalue weighted by molar-refractivity contribution is 6.06. The minimum absolute atomic E-state index is 0.105. The fraction of sp³-hybridized carbons (Fsp3) is 0.346. The average Bonchev–Trinajstić information content (AvgIpc) is 2.89. The highest BCUT2D eigenvalue weighted by Gasteiger charge is 2.26. The summed E-state index contributed by atoms with van der Waals surface area (Å²) in [6.07, 6.45) is 1.38. The highest BCUT2D eigenvalue weighted by atomic mass is 16.5. The lowest BCUT2D eigenvalue weighted by Gasteiger charge is -2.20. The van der Waals surface area contributed by atoms with Crippen molar-refractivity contribution in [3.8, 4) is 28.7 Å². The van der Waals surface area contributed by atoms with Gasteiger partial charge in [-0.05, 0) is 36.3 Å². The summed E-state index contributed by atoms with van der Waals surface area (Å²) >= 11 is 0. The molecule has 3 N–H and O–H groups in total. The second-order valence-electron chi connectivity index (χ2n) is 8.07. The zero-order chi connectivity index (χ0) is 27.7. The smallest absolute Gasteiger partial charge is 0.326 e. The van der Waals surface area contributed by atoms with Crippen LogP contribution in [0.1, 0.15) is 29.8 Å². The molecule has 1 atom stereocenters.